The first-order valence-corrected chi connectivity index (χ1v) is 9.03. The van der Waals surface area contributed by atoms with Gasteiger partial charge in [0.05, 0.1) is 22.6 Å². The second-order valence-corrected chi connectivity index (χ2v) is 6.89. The first kappa shape index (κ1) is 18.6. The molecule has 7 nitrogen and oxygen atoms in total. The fourth-order valence-corrected chi connectivity index (χ4v) is 2.99. The van der Waals surface area contributed by atoms with Crippen molar-refractivity contribution < 1.29 is 9.21 Å². The summed E-state index contributed by atoms with van der Waals surface area (Å²) < 4.78 is 5.68. The number of fused-ring (bicyclic) bond motifs is 2. The number of aromatic nitrogens is 1. The van der Waals surface area contributed by atoms with Crippen LogP contribution in [0.3, 0.4) is 0 Å². The van der Waals surface area contributed by atoms with E-state index in [-0.39, 0.29) is 27.9 Å². The van der Waals surface area contributed by atoms with Gasteiger partial charge in [-0.05, 0) is 42.8 Å². The molecule has 0 atom stereocenters. The van der Waals surface area contributed by atoms with Crippen molar-refractivity contribution in [2.24, 2.45) is 5.10 Å². The van der Waals surface area contributed by atoms with Gasteiger partial charge in [0.2, 0.25) is 11.1 Å². The lowest BCUT2D eigenvalue weighted by Crippen LogP contribution is -2.20. The second kappa shape index (κ2) is 7.37. The molecule has 4 rings (SSSR count). The average Bonchev–Trinajstić information content (AvgIpc) is 2.70. The molecule has 0 spiro atoms. The minimum absolute atomic E-state index is 0.0325. The van der Waals surface area contributed by atoms with Crippen LogP contribution in [0.1, 0.15) is 21.5 Å². The van der Waals surface area contributed by atoms with Crippen molar-refractivity contribution in [1.82, 2.24) is 10.4 Å². The summed E-state index contributed by atoms with van der Waals surface area (Å²) >= 11 is 5.83. The number of hydrazone groups is 1. The predicted molar refractivity (Wildman–Crippen MR) is 113 cm³/mol. The zero-order chi connectivity index (χ0) is 20.5. The molecule has 0 aliphatic heterocycles. The Kier molecular flexibility index (Phi) is 4.74. The molecule has 1 amide bonds. The number of benzene rings is 2. The third kappa shape index (κ3) is 3.68. The zero-order valence-electron chi connectivity index (χ0n) is 15.3. The minimum atomic E-state index is -0.592. The Balaban J connectivity index is 1.69. The number of carbonyl (C=O) groups is 1. The van der Waals surface area contributed by atoms with Gasteiger partial charge in [-0.1, -0.05) is 35.4 Å². The summed E-state index contributed by atoms with van der Waals surface area (Å²) in [5.41, 5.74) is 10.2. The van der Waals surface area contributed by atoms with Gasteiger partial charge in [-0.3, -0.25) is 9.59 Å². The highest BCUT2D eigenvalue weighted by Gasteiger charge is 2.16. The topological polar surface area (TPSA) is 111 Å². The SMILES string of the molecule is Cc1ccc2oc3nc(N)c(C(=O)NN=Cc4ccc(Cl)cc4)cc3c(=O)c2c1. The maximum absolute atomic E-state index is 12.8. The van der Waals surface area contributed by atoms with Crippen LogP contribution in [-0.2, 0) is 0 Å². The number of nitrogens with one attached hydrogen (secondary N) is 1. The van der Waals surface area contributed by atoms with E-state index in [2.05, 4.69) is 15.5 Å². The van der Waals surface area contributed by atoms with Crippen molar-refractivity contribution in [3.05, 3.63) is 80.5 Å². The number of rotatable bonds is 3. The molecule has 3 N–H and O–H groups in total. The monoisotopic (exact) mass is 406 g/mol. The van der Waals surface area contributed by atoms with Gasteiger partial charge in [-0.2, -0.15) is 10.1 Å². The quantitative estimate of drug-likeness (QED) is 0.306. The van der Waals surface area contributed by atoms with Crippen LogP contribution in [0.4, 0.5) is 5.82 Å². The number of amides is 1. The Hall–Kier alpha value is -3.71. The molecule has 2 aromatic heterocycles. The third-order valence-corrected chi connectivity index (χ3v) is 4.59. The van der Waals surface area contributed by atoms with Crippen molar-refractivity contribution in [3.8, 4) is 0 Å². The summed E-state index contributed by atoms with van der Waals surface area (Å²) in [5.74, 6) is -0.655. The number of aryl methyl sites for hydroxylation is 1. The van der Waals surface area contributed by atoms with Crippen molar-refractivity contribution in [3.63, 3.8) is 0 Å². The van der Waals surface area contributed by atoms with E-state index in [1.807, 2.05) is 13.0 Å². The van der Waals surface area contributed by atoms with Crippen LogP contribution in [-0.4, -0.2) is 17.1 Å². The summed E-state index contributed by atoms with van der Waals surface area (Å²) in [6.07, 6.45) is 1.46. The Bertz CT molecular complexity index is 1340. The van der Waals surface area contributed by atoms with E-state index in [4.69, 9.17) is 21.8 Å². The Morgan fingerprint density at radius 2 is 1.93 bits per heavy atom. The molecule has 0 radical (unpaired) electrons. The highest BCUT2D eigenvalue weighted by atomic mass is 35.5. The van der Waals surface area contributed by atoms with E-state index in [9.17, 15) is 9.59 Å². The molecule has 2 aromatic carbocycles. The van der Waals surface area contributed by atoms with Crippen LogP contribution in [0.15, 0.2) is 62.8 Å². The second-order valence-electron chi connectivity index (χ2n) is 6.46. The van der Waals surface area contributed by atoms with E-state index in [1.165, 1.54) is 12.3 Å². The fraction of sp³-hybridized carbons (Fsp3) is 0.0476. The van der Waals surface area contributed by atoms with E-state index in [1.54, 1.807) is 36.4 Å². The summed E-state index contributed by atoms with van der Waals surface area (Å²) in [5, 5.41) is 5.08. The van der Waals surface area contributed by atoms with Gasteiger partial charge in [0, 0.05) is 5.02 Å². The van der Waals surface area contributed by atoms with Crippen LogP contribution in [0.25, 0.3) is 22.1 Å². The van der Waals surface area contributed by atoms with Crippen LogP contribution >= 0.6 is 11.6 Å². The third-order valence-electron chi connectivity index (χ3n) is 4.34. The molecule has 0 saturated heterocycles. The lowest BCUT2D eigenvalue weighted by atomic mass is 10.1. The highest BCUT2D eigenvalue weighted by Crippen LogP contribution is 2.21. The van der Waals surface area contributed by atoms with Gasteiger partial charge in [0.1, 0.15) is 11.4 Å². The predicted octanol–water partition coefficient (Wildman–Crippen LogP) is 3.65. The lowest BCUT2D eigenvalue weighted by Gasteiger charge is -2.06. The summed E-state index contributed by atoms with van der Waals surface area (Å²) in [6.45, 7) is 1.88. The van der Waals surface area contributed by atoms with Crippen LogP contribution in [0, 0.1) is 6.92 Å². The highest BCUT2D eigenvalue weighted by molar-refractivity contribution is 6.30. The largest absolute Gasteiger partial charge is 0.437 e. The first-order chi connectivity index (χ1) is 13.9. The fourth-order valence-electron chi connectivity index (χ4n) is 2.87. The molecule has 144 valence electrons. The molecule has 0 saturated carbocycles. The minimum Gasteiger partial charge on any atom is -0.437 e. The molecule has 0 bridgehead atoms. The van der Waals surface area contributed by atoms with Gasteiger partial charge in [-0.15, -0.1) is 0 Å². The molecule has 8 heteroatoms. The Morgan fingerprint density at radius 1 is 1.17 bits per heavy atom. The van der Waals surface area contributed by atoms with Crippen LogP contribution < -0.4 is 16.6 Å². The number of halogens is 1. The van der Waals surface area contributed by atoms with Crippen molar-refractivity contribution >= 4 is 51.6 Å². The summed E-state index contributed by atoms with van der Waals surface area (Å²) in [6, 6.07) is 13.6. The van der Waals surface area contributed by atoms with Gasteiger partial charge >= 0.3 is 0 Å². The van der Waals surface area contributed by atoms with E-state index >= 15 is 0 Å². The number of hydrogen-bond donors (Lipinski definition) is 2. The summed E-state index contributed by atoms with van der Waals surface area (Å²) in [7, 11) is 0. The molecular weight excluding hydrogens is 392 g/mol. The summed E-state index contributed by atoms with van der Waals surface area (Å²) in [4.78, 5) is 29.4. The van der Waals surface area contributed by atoms with Gasteiger partial charge < -0.3 is 10.2 Å². The van der Waals surface area contributed by atoms with Crippen LogP contribution in [0.5, 0.6) is 0 Å². The van der Waals surface area contributed by atoms with Gasteiger partial charge in [0.15, 0.2) is 0 Å². The number of pyridine rings is 1. The number of nitrogen functional groups attached to an aromatic ring is 1. The Labute approximate surface area is 169 Å². The molecule has 4 aromatic rings. The molecule has 0 aliphatic rings. The lowest BCUT2D eigenvalue weighted by molar-refractivity contribution is 0.0956. The van der Waals surface area contributed by atoms with E-state index in [0.29, 0.717) is 16.0 Å². The average molecular weight is 407 g/mol. The number of nitrogens with two attached hydrogens (primary N) is 1. The maximum Gasteiger partial charge on any atom is 0.275 e. The number of carbonyl (C=O) groups excluding carboxylic acids is 1. The molecule has 29 heavy (non-hydrogen) atoms. The van der Waals surface area contributed by atoms with Crippen molar-refractivity contribution in [1.29, 1.82) is 0 Å². The first-order valence-electron chi connectivity index (χ1n) is 8.65. The molecule has 0 aliphatic carbocycles. The van der Waals surface area contributed by atoms with Crippen molar-refractivity contribution in [2.75, 3.05) is 5.73 Å². The molecule has 0 fully saturated rings. The van der Waals surface area contributed by atoms with Gasteiger partial charge in [0.25, 0.3) is 5.91 Å². The van der Waals surface area contributed by atoms with Crippen molar-refractivity contribution in [2.45, 2.75) is 6.92 Å². The van der Waals surface area contributed by atoms with Gasteiger partial charge in [-0.25, -0.2) is 5.43 Å². The Morgan fingerprint density at radius 3 is 2.69 bits per heavy atom. The van der Waals surface area contributed by atoms with E-state index < -0.39 is 5.91 Å². The number of anilines is 1. The molecule has 2 heterocycles. The van der Waals surface area contributed by atoms with E-state index in [0.717, 1.165) is 11.1 Å². The normalized spacial score (nSPS) is 11.4. The molecule has 0 unspecified atom stereocenters. The van der Waals surface area contributed by atoms with Crippen LogP contribution in [0.2, 0.25) is 5.02 Å². The standard InChI is InChI=1S/C21H15ClN4O3/c1-11-2-7-17-14(8-11)18(27)15-9-16(19(23)25-21(15)29-17)20(28)26-24-10-12-3-5-13(22)6-4-12/h2-10H,1H3,(H2,23,25)(H,26,28). The molecular formula is C21H15ClN4O3. The number of hydrogen-bond acceptors (Lipinski definition) is 6. The maximum atomic E-state index is 12.8. The number of nitrogens with zero attached hydrogens (tertiary/aromatic N) is 2. The zero-order valence-corrected chi connectivity index (χ0v) is 16.0. The smallest absolute Gasteiger partial charge is 0.275 e.